The molecule has 4 rings (SSSR count). The van der Waals surface area contributed by atoms with Crippen LogP contribution in [0.25, 0.3) is 11.0 Å². The zero-order valence-electron chi connectivity index (χ0n) is 16.7. The van der Waals surface area contributed by atoms with Crippen molar-refractivity contribution < 1.29 is 0 Å². The number of nitrogens with zero attached hydrogens (tertiary/aromatic N) is 4. The van der Waals surface area contributed by atoms with E-state index in [0.29, 0.717) is 6.04 Å². The number of rotatable bonds is 6. The van der Waals surface area contributed by atoms with Crippen LogP contribution in [0, 0.1) is 0 Å². The summed E-state index contributed by atoms with van der Waals surface area (Å²) >= 11 is 0. The number of benzene rings is 2. The number of anilines is 2. The molecule has 0 bridgehead atoms. The number of para-hydroxylation sites is 3. The monoisotopic (exact) mass is 443 g/mol. The zero-order valence-corrected chi connectivity index (χ0v) is 18.4. The number of nitrogens with one attached hydrogen (secondary N) is 1. The third kappa shape index (κ3) is 4.50. The van der Waals surface area contributed by atoms with Gasteiger partial charge in [0, 0.05) is 51.0 Å². The highest BCUT2D eigenvalue weighted by atomic mass is 79.9. The third-order valence-electron chi connectivity index (χ3n) is 5.32. The molecule has 1 aliphatic rings. The first kappa shape index (κ1) is 20.7. The van der Waals surface area contributed by atoms with Crippen molar-refractivity contribution in [3.05, 3.63) is 54.6 Å². The Bertz CT molecular complexity index is 869. The van der Waals surface area contributed by atoms with E-state index in [1.54, 1.807) is 0 Å². The van der Waals surface area contributed by atoms with Gasteiger partial charge in [0.2, 0.25) is 5.95 Å². The summed E-state index contributed by atoms with van der Waals surface area (Å²) in [5.41, 5.74) is 3.59. The molecule has 0 aliphatic carbocycles. The number of imidazole rings is 1. The van der Waals surface area contributed by atoms with Gasteiger partial charge in [0.15, 0.2) is 0 Å². The molecule has 0 unspecified atom stereocenters. The van der Waals surface area contributed by atoms with E-state index in [0.717, 1.165) is 50.7 Å². The Labute approximate surface area is 178 Å². The summed E-state index contributed by atoms with van der Waals surface area (Å²) in [7, 11) is 0. The van der Waals surface area contributed by atoms with Crippen molar-refractivity contribution in [1.29, 1.82) is 0 Å². The topological polar surface area (TPSA) is 36.3 Å². The second-order valence-corrected chi connectivity index (χ2v) is 7.48. The molecule has 0 atom stereocenters. The van der Waals surface area contributed by atoms with Gasteiger partial charge in [0.05, 0.1) is 11.0 Å². The van der Waals surface area contributed by atoms with Gasteiger partial charge < -0.3 is 14.8 Å². The Hall–Kier alpha value is -2.05. The van der Waals surface area contributed by atoms with Crippen LogP contribution >= 0.6 is 17.0 Å². The fourth-order valence-electron chi connectivity index (χ4n) is 3.89. The van der Waals surface area contributed by atoms with E-state index in [2.05, 4.69) is 88.1 Å². The standard InChI is InChI=1S/C22H29N5.BrH/c1-18(2)27-21-11-7-6-10-20(21)24-22(27)23-12-13-25-14-16-26(17-15-25)19-8-4-3-5-9-19;/h3-11,18H,12-17H2,1-2H3,(H,23,24);1H. The predicted octanol–water partition coefficient (Wildman–Crippen LogP) is 4.43. The first-order valence-electron chi connectivity index (χ1n) is 9.95. The van der Waals surface area contributed by atoms with Crippen LogP contribution in [-0.2, 0) is 0 Å². The van der Waals surface area contributed by atoms with Crippen molar-refractivity contribution in [1.82, 2.24) is 14.5 Å². The minimum Gasteiger partial charge on any atom is -0.369 e. The number of piperazine rings is 1. The highest BCUT2D eigenvalue weighted by Gasteiger charge is 2.17. The van der Waals surface area contributed by atoms with E-state index in [9.17, 15) is 0 Å². The van der Waals surface area contributed by atoms with Gasteiger partial charge in [0.25, 0.3) is 0 Å². The minimum absolute atomic E-state index is 0. The van der Waals surface area contributed by atoms with E-state index in [1.165, 1.54) is 11.2 Å². The van der Waals surface area contributed by atoms with Gasteiger partial charge >= 0.3 is 0 Å². The van der Waals surface area contributed by atoms with Crippen LogP contribution in [-0.4, -0.2) is 53.7 Å². The van der Waals surface area contributed by atoms with E-state index in [1.807, 2.05) is 0 Å². The van der Waals surface area contributed by atoms with Crippen LogP contribution in [0.1, 0.15) is 19.9 Å². The number of fused-ring (bicyclic) bond motifs is 1. The molecule has 150 valence electrons. The Morgan fingerprint density at radius 1 is 0.929 bits per heavy atom. The van der Waals surface area contributed by atoms with Crippen LogP contribution in [0.4, 0.5) is 11.6 Å². The van der Waals surface area contributed by atoms with Crippen LogP contribution in [0.15, 0.2) is 54.6 Å². The average molecular weight is 444 g/mol. The molecule has 3 aromatic rings. The molecule has 28 heavy (non-hydrogen) atoms. The highest BCUT2D eigenvalue weighted by Crippen LogP contribution is 2.24. The van der Waals surface area contributed by atoms with E-state index in [4.69, 9.17) is 4.98 Å². The molecule has 2 heterocycles. The Morgan fingerprint density at radius 3 is 2.32 bits per heavy atom. The van der Waals surface area contributed by atoms with Gasteiger partial charge in [-0.2, -0.15) is 0 Å². The van der Waals surface area contributed by atoms with Crippen molar-refractivity contribution in [2.75, 3.05) is 49.5 Å². The summed E-state index contributed by atoms with van der Waals surface area (Å²) < 4.78 is 2.29. The third-order valence-corrected chi connectivity index (χ3v) is 5.32. The lowest BCUT2D eigenvalue weighted by Crippen LogP contribution is -2.47. The summed E-state index contributed by atoms with van der Waals surface area (Å²) in [6.07, 6.45) is 0. The smallest absolute Gasteiger partial charge is 0.204 e. The summed E-state index contributed by atoms with van der Waals surface area (Å²) in [6, 6.07) is 19.5. The molecule has 0 spiro atoms. The maximum atomic E-state index is 4.79. The van der Waals surface area contributed by atoms with Gasteiger partial charge in [-0.25, -0.2) is 4.98 Å². The normalized spacial score (nSPS) is 15.0. The number of halogens is 1. The fraction of sp³-hybridized carbons (Fsp3) is 0.409. The zero-order chi connectivity index (χ0) is 18.6. The molecule has 0 saturated carbocycles. The largest absolute Gasteiger partial charge is 0.369 e. The van der Waals surface area contributed by atoms with Crippen molar-refractivity contribution in [2.24, 2.45) is 0 Å². The molecule has 1 fully saturated rings. The molecule has 5 nitrogen and oxygen atoms in total. The van der Waals surface area contributed by atoms with Crippen molar-refractivity contribution in [2.45, 2.75) is 19.9 Å². The second kappa shape index (κ2) is 9.43. The molecule has 1 N–H and O–H groups in total. The van der Waals surface area contributed by atoms with Crippen LogP contribution in [0.5, 0.6) is 0 Å². The fourth-order valence-corrected chi connectivity index (χ4v) is 3.89. The first-order valence-corrected chi connectivity index (χ1v) is 9.95. The number of hydrogen-bond acceptors (Lipinski definition) is 4. The molecular formula is C22H30BrN5. The van der Waals surface area contributed by atoms with E-state index >= 15 is 0 Å². The van der Waals surface area contributed by atoms with Crippen molar-refractivity contribution in [3.8, 4) is 0 Å². The number of hydrogen-bond donors (Lipinski definition) is 1. The van der Waals surface area contributed by atoms with E-state index < -0.39 is 0 Å². The van der Waals surface area contributed by atoms with Gasteiger partial charge in [0.1, 0.15) is 0 Å². The molecule has 6 heteroatoms. The van der Waals surface area contributed by atoms with Crippen LogP contribution in [0.2, 0.25) is 0 Å². The lowest BCUT2D eigenvalue weighted by molar-refractivity contribution is 0.267. The van der Waals surface area contributed by atoms with E-state index in [-0.39, 0.29) is 17.0 Å². The van der Waals surface area contributed by atoms with Crippen LogP contribution in [0.3, 0.4) is 0 Å². The quantitative estimate of drug-likeness (QED) is 0.611. The highest BCUT2D eigenvalue weighted by molar-refractivity contribution is 8.93. The minimum atomic E-state index is 0. The molecular weight excluding hydrogens is 414 g/mol. The lowest BCUT2D eigenvalue weighted by Gasteiger charge is -2.36. The Balaban J connectivity index is 0.00000225. The molecule has 1 saturated heterocycles. The lowest BCUT2D eigenvalue weighted by atomic mass is 10.2. The van der Waals surface area contributed by atoms with Gasteiger partial charge in [-0.1, -0.05) is 30.3 Å². The summed E-state index contributed by atoms with van der Waals surface area (Å²) in [5, 5.41) is 3.57. The maximum Gasteiger partial charge on any atom is 0.204 e. The summed E-state index contributed by atoms with van der Waals surface area (Å²) in [6.45, 7) is 10.8. The van der Waals surface area contributed by atoms with Crippen molar-refractivity contribution >= 4 is 39.7 Å². The first-order chi connectivity index (χ1) is 13.2. The molecule has 1 aromatic heterocycles. The SMILES string of the molecule is Br.CC(C)n1c(NCCN2CCN(c3ccccc3)CC2)nc2ccccc21. The maximum absolute atomic E-state index is 4.79. The van der Waals surface area contributed by atoms with Gasteiger partial charge in [-0.15, -0.1) is 17.0 Å². The molecule has 2 aromatic carbocycles. The van der Waals surface area contributed by atoms with Gasteiger partial charge in [-0.3, -0.25) is 4.90 Å². The summed E-state index contributed by atoms with van der Waals surface area (Å²) in [5.74, 6) is 0.981. The molecule has 0 amide bonds. The molecule has 1 aliphatic heterocycles. The Morgan fingerprint density at radius 2 is 1.61 bits per heavy atom. The number of aromatic nitrogens is 2. The van der Waals surface area contributed by atoms with Gasteiger partial charge in [-0.05, 0) is 38.1 Å². The second-order valence-electron chi connectivity index (χ2n) is 7.48. The predicted molar refractivity (Wildman–Crippen MR) is 124 cm³/mol. The summed E-state index contributed by atoms with van der Waals surface area (Å²) in [4.78, 5) is 9.80. The molecule has 0 radical (unpaired) electrons. The Kier molecular flexibility index (Phi) is 6.97. The average Bonchev–Trinajstić information content (AvgIpc) is 3.08. The van der Waals surface area contributed by atoms with Crippen LogP contribution < -0.4 is 10.2 Å². The van der Waals surface area contributed by atoms with Crippen molar-refractivity contribution in [3.63, 3.8) is 0 Å².